The van der Waals surface area contributed by atoms with Crippen LogP contribution in [0, 0.1) is 0 Å². The fourth-order valence-electron chi connectivity index (χ4n) is 0.861. The predicted molar refractivity (Wildman–Crippen MR) is 39.5 cm³/mol. The highest BCUT2D eigenvalue weighted by atomic mass is 19.3. The standard InChI is InChI=1S/C7H8F2N2O2/c1-11-3-5(10-4-11)2-7(8,9)6(12)13/h3-4H,2H2,1H3,(H,12,13). The summed E-state index contributed by atoms with van der Waals surface area (Å²) < 4.78 is 26.7. The number of carboxylic acids is 1. The first kappa shape index (κ1) is 9.63. The third kappa shape index (κ3) is 2.24. The van der Waals surface area contributed by atoms with Crippen LogP contribution < -0.4 is 0 Å². The maximum atomic E-state index is 12.6. The molecular weight excluding hydrogens is 182 g/mol. The first-order chi connectivity index (χ1) is 5.92. The van der Waals surface area contributed by atoms with E-state index in [-0.39, 0.29) is 5.69 Å². The van der Waals surface area contributed by atoms with Gasteiger partial charge in [-0.1, -0.05) is 0 Å². The van der Waals surface area contributed by atoms with Gasteiger partial charge in [-0.3, -0.25) is 0 Å². The summed E-state index contributed by atoms with van der Waals surface area (Å²) in [6.45, 7) is 0. The number of halogens is 2. The number of aryl methyl sites for hydroxylation is 1. The van der Waals surface area contributed by atoms with E-state index in [1.807, 2.05) is 0 Å². The maximum Gasteiger partial charge on any atom is 0.374 e. The number of alkyl halides is 2. The summed E-state index contributed by atoms with van der Waals surface area (Å²) in [6.07, 6.45) is 1.83. The molecule has 4 nitrogen and oxygen atoms in total. The van der Waals surface area contributed by atoms with E-state index < -0.39 is 18.3 Å². The fraction of sp³-hybridized carbons (Fsp3) is 0.429. The van der Waals surface area contributed by atoms with Gasteiger partial charge in [0.2, 0.25) is 0 Å². The number of carboxylic acid groups (broad SMARTS) is 1. The molecule has 13 heavy (non-hydrogen) atoms. The number of nitrogens with zero attached hydrogens (tertiary/aromatic N) is 2. The zero-order chi connectivity index (χ0) is 10.1. The minimum atomic E-state index is -3.74. The molecule has 0 saturated heterocycles. The highest BCUT2D eigenvalue weighted by molar-refractivity contribution is 5.75. The topological polar surface area (TPSA) is 55.1 Å². The third-order valence-electron chi connectivity index (χ3n) is 1.47. The van der Waals surface area contributed by atoms with Crippen molar-refractivity contribution < 1.29 is 18.7 Å². The van der Waals surface area contributed by atoms with Crippen molar-refractivity contribution in [3.8, 4) is 0 Å². The Morgan fingerprint density at radius 2 is 2.38 bits per heavy atom. The fourth-order valence-corrected chi connectivity index (χ4v) is 0.861. The molecule has 1 N–H and O–H groups in total. The van der Waals surface area contributed by atoms with Crippen molar-refractivity contribution in [2.24, 2.45) is 7.05 Å². The molecule has 0 unspecified atom stereocenters. The molecule has 0 radical (unpaired) electrons. The van der Waals surface area contributed by atoms with Gasteiger partial charge in [0.15, 0.2) is 0 Å². The summed E-state index contributed by atoms with van der Waals surface area (Å²) in [5.41, 5.74) is 0.0647. The lowest BCUT2D eigenvalue weighted by molar-refractivity contribution is -0.164. The van der Waals surface area contributed by atoms with Crippen LogP contribution in [-0.2, 0) is 18.3 Å². The smallest absolute Gasteiger partial charge is 0.374 e. The zero-order valence-corrected chi connectivity index (χ0v) is 6.87. The summed E-state index contributed by atoms with van der Waals surface area (Å²) in [5, 5.41) is 8.12. The van der Waals surface area contributed by atoms with E-state index in [0.717, 1.165) is 0 Å². The van der Waals surface area contributed by atoms with E-state index in [2.05, 4.69) is 4.98 Å². The second kappa shape index (κ2) is 3.12. The van der Waals surface area contributed by atoms with E-state index in [1.165, 1.54) is 17.1 Å². The number of imidazole rings is 1. The van der Waals surface area contributed by atoms with Gasteiger partial charge in [0.25, 0.3) is 0 Å². The number of aromatic nitrogens is 2. The molecule has 6 heteroatoms. The number of aliphatic carboxylic acids is 1. The Hall–Kier alpha value is -1.46. The van der Waals surface area contributed by atoms with Crippen molar-refractivity contribution >= 4 is 5.97 Å². The van der Waals surface area contributed by atoms with Crippen LogP contribution in [-0.4, -0.2) is 26.5 Å². The van der Waals surface area contributed by atoms with Gasteiger partial charge in [0.1, 0.15) is 0 Å². The second-order valence-electron chi connectivity index (χ2n) is 2.72. The number of hydrogen-bond acceptors (Lipinski definition) is 2. The van der Waals surface area contributed by atoms with Crippen molar-refractivity contribution in [2.75, 3.05) is 0 Å². The summed E-state index contributed by atoms with van der Waals surface area (Å²) in [7, 11) is 1.62. The van der Waals surface area contributed by atoms with Crippen LogP contribution in [0.1, 0.15) is 5.69 Å². The SMILES string of the molecule is Cn1cnc(CC(F)(F)C(=O)O)c1. The average molecular weight is 190 g/mol. The summed E-state index contributed by atoms with van der Waals surface area (Å²) in [5.74, 6) is -5.87. The number of carbonyl (C=O) groups is 1. The van der Waals surface area contributed by atoms with Gasteiger partial charge in [-0.15, -0.1) is 0 Å². The van der Waals surface area contributed by atoms with Crippen molar-refractivity contribution in [2.45, 2.75) is 12.3 Å². The van der Waals surface area contributed by atoms with E-state index in [9.17, 15) is 13.6 Å². The lowest BCUT2D eigenvalue weighted by atomic mass is 10.2. The molecule has 0 aromatic carbocycles. The molecule has 1 aromatic rings. The Bertz CT molecular complexity index is 322. The minimum absolute atomic E-state index is 0.0647. The lowest BCUT2D eigenvalue weighted by Crippen LogP contribution is -2.30. The van der Waals surface area contributed by atoms with Crippen molar-refractivity contribution in [3.63, 3.8) is 0 Å². The summed E-state index contributed by atoms with van der Waals surface area (Å²) >= 11 is 0. The first-order valence-corrected chi connectivity index (χ1v) is 3.50. The zero-order valence-electron chi connectivity index (χ0n) is 6.87. The molecule has 0 aliphatic heterocycles. The van der Waals surface area contributed by atoms with Gasteiger partial charge in [-0.2, -0.15) is 8.78 Å². The van der Waals surface area contributed by atoms with Crippen LogP contribution in [0.25, 0.3) is 0 Å². The summed E-state index contributed by atoms with van der Waals surface area (Å²) in [6, 6.07) is 0. The molecule has 0 spiro atoms. The molecule has 1 heterocycles. The normalized spacial score (nSPS) is 11.6. The van der Waals surface area contributed by atoms with E-state index in [4.69, 9.17) is 5.11 Å². The molecule has 0 bridgehead atoms. The Labute approximate surface area is 72.8 Å². The number of hydrogen-bond donors (Lipinski definition) is 1. The molecule has 1 aromatic heterocycles. The first-order valence-electron chi connectivity index (χ1n) is 3.50. The van der Waals surface area contributed by atoms with Gasteiger partial charge < -0.3 is 9.67 Å². The second-order valence-corrected chi connectivity index (χ2v) is 2.72. The van der Waals surface area contributed by atoms with Gasteiger partial charge in [-0.25, -0.2) is 9.78 Å². The quantitative estimate of drug-likeness (QED) is 0.762. The third-order valence-corrected chi connectivity index (χ3v) is 1.47. The molecule has 0 aliphatic carbocycles. The highest BCUT2D eigenvalue weighted by Gasteiger charge is 2.39. The average Bonchev–Trinajstić information content (AvgIpc) is 2.34. The molecule has 0 fully saturated rings. The maximum absolute atomic E-state index is 12.6. The lowest BCUT2D eigenvalue weighted by Gasteiger charge is -2.07. The Morgan fingerprint density at radius 1 is 1.77 bits per heavy atom. The Morgan fingerprint density at radius 3 is 2.77 bits per heavy atom. The van der Waals surface area contributed by atoms with Gasteiger partial charge in [-0.05, 0) is 0 Å². The van der Waals surface area contributed by atoms with Gasteiger partial charge >= 0.3 is 11.9 Å². The highest BCUT2D eigenvalue weighted by Crippen LogP contribution is 2.18. The van der Waals surface area contributed by atoms with Crippen LogP contribution >= 0.6 is 0 Å². The largest absolute Gasteiger partial charge is 0.477 e. The summed E-state index contributed by atoms with van der Waals surface area (Å²) in [4.78, 5) is 13.7. The van der Waals surface area contributed by atoms with Gasteiger partial charge in [0.05, 0.1) is 18.4 Å². The molecular formula is C7H8F2N2O2. The van der Waals surface area contributed by atoms with Crippen LogP contribution in [0.4, 0.5) is 8.78 Å². The predicted octanol–water partition coefficient (Wildman–Crippen LogP) is 0.682. The van der Waals surface area contributed by atoms with Crippen LogP contribution in [0.5, 0.6) is 0 Å². The molecule has 72 valence electrons. The molecule has 0 amide bonds. The Balaban J connectivity index is 2.74. The minimum Gasteiger partial charge on any atom is -0.477 e. The molecule has 0 aliphatic rings. The van der Waals surface area contributed by atoms with Crippen LogP contribution in [0.15, 0.2) is 12.5 Å². The van der Waals surface area contributed by atoms with Crippen LogP contribution in [0.3, 0.4) is 0 Å². The molecule has 0 atom stereocenters. The van der Waals surface area contributed by atoms with Crippen molar-refractivity contribution in [1.29, 1.82) is 0 Å². The van der Waals surface area contributed by atoms with Crippen molar-refractivity contribution in [3.05, 3.63) is 18.2 Å². The Kier molecular flexibility index (Phi) is 2.31. The van der Waals surface area contributed by atoms with E-state index >= 15 is 0 Å². The van der Waals surface area contributed by atoms with E-state index in [0.29, 0.717) is 0 Å². The molecule has 0 saturated carbocycles. The number of rotatable bonds is 3. The van der Waals surface area contributed by atoms with Gasteiger partial charge in [0, 0.05) is 13.2 Å². The molecule has 1 rings (SSSR count). The van der Waals surface area contributed by atoms with E-state index in [1.54, 1.807) is 7.05 Å². The van der Waals surface area contributed by atoms with Crippen LogP contribution in [0.2, 0.25) is 0 Å². The van der Waals surface area contributed by atoms with Crippen molar-refractivity contribution in [1.82, 2.24) is 9.55 Å². The monoisotopic (exact) mass is 190 g/mol.